The van der Waals surface area contributed by atoms with Gasteiger partial charge in [0.15, 0.2) is 0 Å². The van der Waals surface area contributed by atoms with E-state index in [1.54, 1.807) is 25.1 Å². The van der Waals surface area contributed by atoms with Gasteiger partial charge in [0.25, 0.3) is 5.91 Å². The lowest BCUT2D eigenvalue weighted by atomic mass is 10.0. The van der Waals surface area contributed by atoms with Gasteiger partial charge in [-0.15, -0.1) is 0 Å². The molecule has 0 atom stereocenters. The van der Waals surface area contributed by atoms with Gasteiger partial charge in [0.1, 0.15) is 5.82 Å². The maximum atomic E-state index is 13.9. The minimum atomic E-state index is -4.57. The Morgan fingerprint density at radius 2 is 1.85 bits per heavy atom. The fourth-order valence-electron chi connectivity index (χ4n) is 4.38. The number of nitrogens with two attached hydrogens (primary N) is 2. The maximum Gasteiger partial charge on any atom is 0.416 e. The second kappa shape index (κ2) is 11.8. The number of rotatable bonds is 5. The summed E-state index contributed by atoms with van der Waals surface area (Å²) >= 11 is 0. The average Bonchev–Trinajstić information content (AvgIpc) is 2.91. The van der Waals surface area contributed by atoms with E-state index in [4.69, 9.17) is 16.9 Å². The topological polar surface area (TPSA) is 124 Å². The van der Waals surface area contributed by atoms with Crippen LogP contribution in [0.25, 0.3) is 0 Å². The van der Waals surface area contributed by atoms with Crippen LogP contribution in [0.2, 0.25) is 0 Å². The third kappa shape index (κ3) is 6.59. The van der Waals surface area contributed by atoms with Crippen molar-refractivity contribution < 1.29 is 18.0 Å². The number of carbonyl (C=O) groups excluding carboxylic acids is 1. The summed E-state index contributed by atoms with van der Waals surface area (Å²) in [6.07, 6.45) is -2.18. The van der Waals surface area contributed by atoms with Crippen LogP contribution in [0.1, 0.15) is 43.7 Å². The molecule has 8 nitrogen and oxygen atoms in total. The number of anilines is 3. The molecule has 1 aliphatic heterocycles. The molecule has 208 valence electrons. The Kier molecular flexibility index (Phi) is 8.42. The van der Waals surface area contributed by atoms with Gasteiger partial charge in [-0.2, -0.15) is 13.2 Å². The number of nitrogen functional groups attached to an aromatic ring is 2. The molecule has 0 spiro atoms. The number of pyridine rings is 1. The fourth-order valence-corrected chi connectivity index (χ4v) is 4.38. The minimum Gasteiger partial charge on any atom is -0.397 e. The third-order valence-corrected chi connectivity index (χ3v) is 6.81. The SMILES string of the molecule is Cc1ccc(C(=O)Nc2ccc(CN3CCN(C)CC3)c(C(F)(F)F)c2)cc1C#Cc1c(N)ncc(N)c1C=N. The molecule has 6 N–H and O–H groups in total. The molecule has 1 amide bonds. The van der Waals surface area contributed by atoms with Gasteiger partial charge in [0.2, 0.25) is 0 Å². The van der Waals surface area contributed by atoms with E-state index in [-0.39, 0.29) is 34.9 Å². The van der Waals surface area contributed by atoms with Crippen molar-refractivity contribution in [1.29, 1.82) is 5.41 Å². The molecule has 40 heavy (non-hydrogen) atoms. The number of benzene rings is 2. The van der Waals surface area contributed by atoms with E-state index in [9.17, 15) is 18.0 Å². The normalized spacial score (nSPS) is 14.3. The number of carbonyl (C=O) groups is 1. The van der Waals surface area contributed by atoms with Crippen LogP contribution in [0.15, 0.2) is 42.6 Å². The maximum absolute atomic E-state index is 13.9. The number of likely N-dealkylation sites (N-methyl/N-ethyl adjacent to an activating group) is 1. The highest BCUT2D eigenvalue weighted by Gasteiger charge is 2.34. The Balaban J connectivity index is 1.57. The van der Waals surface area contributed by atoms with Gasteiger partial charge >= 0.3 is 6.18 Å². The first-order valence-corrected chi connectivity index (χ1v) is 12.6. The molecule has 2 aromatic carbocycles. The molecule has 0 saturated carbocycles. The van der Waals surface area contributed by atoms with E-state index >= 15 is 0 Å². The molecule has 11 heteroatoms. The first-order chi connectivity index (χ1) is 19.0. The highest BCUT2D eigenvalue weighted by molar-refractivity contribution is 6.04. The van der Waals surface area contributed by atoms with E-state index in [1.165, 1.54) is 18.3 Å². The molecular formula is C29H30F3N7O. The van der Waals surface area contributed by atoms with Gasteiger partial charge < -0.3 is 27.1 Å². The number of hydrogen-bond acceptors (Lipinski definition) is 7. The summed E-state index contributed by atoms with van der Waals surface area (Å²) < 4.78 is 41.8. The molecule has 1 saturated heterocycles. The van der Waals surface area contributed by atoms with Crippen molar-refractivity contribution >= 4 is 29.3 Å². The summed E-state index contributed by atoms with van der Waals surface area (Å²) in [7, 11) is 1.99. The van der Waals surface area contributed by atoms with Crippen LogP contribution in [0.4, 0.5) is 30.4 Å². The number of nitrogens with one attached hydrogen (secondary N) is 2. The molecule has 1 fully saturated rings. The summed E-state index contributed by atoms with van der Waals surface area (Å²) in [5.74, 6) is 5.36. The molecule has 2 heterocycles. The Bertz CT molecular complexity index is 1500. The van der Waals surface area contributed by atoms with E-state index in [1.807, 2.05) is 11.9 Å². The van der Waals surface area contributed by atoms with Gasteiger partial charge in [-0.05, 0) is 49.4 Å². The van der Waals surface area contributed by atoms with Crippen molar-refractivity contribution in [1.82, 2.24) is 14.8 Å². The van der Waals surface area contributed by atoms with Gasteiger partial charge in [0.05, 0.1) is 23.0 Å². The van der Waals surface area contributed by atoms with Crippen LogP contribution in [0.3, 0.4) is 0 Å². The Hall–Kier alpha value is -4.40. The zero-order valence-corrected chi connectivity index (χ0v) is 22.2. The van der Waals surface area contributed by atoms with Crippen LogP contribution in [-0.4, -0.2) is 60.1 Å². The monoisotopic (exact) mass is 549 g/mol. The smallest absolute Gasteiger partial charge is 0.397 e. The number of hydrogen-bond donors (Lipinski definition) is 4. The predicted molar refractivity (Wildman–Crippen MR) is 150 cm³/mol. The fraction of sp³-hybridized carbons (Fsp3) is 0.276. The van der Waals surface area contributed by atoms with E-state index < -0.39 is 17.6 Å². The summed E-state index contributed by atoms with van der Waals surface area (Å²) in [5.41, 5.74) is 13.6. The van der Waals surface area contributed by atoms with Crippen LogP contribution in [-0.2, 0) is 12.7 Å². The lowest BCUT2D eigenvalue weighted by Gasteiger charge is -2.33. The molecule has 4 rings (SSSR count). The second-order valence-corrected chi connectivity index (χ2v) is 9.71. The standard InChI is InChI=1S/C29H30F3N7O/c1-18-3-4-20(13-19(18)6-8-23-24(15-33)26(34)16-36-27(23)35)28(40)37-22-7-5-21(25(14-22)29(30,31)32)17-39-11-9-38(2)10-12-39/h3-5,7,13-16,33H,9-12,17,34H2,1-2H3,(H2,35,36)(H,37,40). The van der Waals surface area contributed by atoms with Crippen molar-refractivity contribution in [2.24, 2.45) is 0 Å². The van der Waals surface area contributed by atoms with Gasteiger partial charge in [-0.1, -0.05) is 24.0 Å². The van der Waals surface area contributed by atoms with Crippen LogP contribution in [0, 0.1) is 24.2 Å². The van der Waals surface area contributed by atoms with E-state index in [0.29, 0.717) is 29.8 Å². The van der Waals surface area contributed by atoms with Gasteiger partial charge in [-0.25, -0.2) is 4.98 Å². The van der Waals surface area contributed by atoms with E-state index in [0.717, 1.165) is 30.9 Å². The highest BCUT2D eigenvalue weighted by Crippen LogP contribution is 2.35. The Morgan fingerprint density at radius 1 is 1.12 bits per heavy atom. The first kappa shape index (κ1) is 28.6. The number of piperazine rings is 1. The number of halogens is 3. The molecule has 3 aromatic rings. The number of nitrogens with zero attached hydrogens (tertiary/aromatic N) is 3. The number of aromatic nitrogens is 1. The van der Waals surface area contributed by atoms with Crippen molar-refractivity contribution in [2.45, 2.75) is 19.6 Å². The van der Waals surface area contributed by atoms with Crippen molar-refractivity contribution in [3.05, 3.63) is 81.5 Å². The van der Waals surface area contributed by atoms with Crippen molar-refractivity contribution in [3.8, 4) is 11.8 Å². The predicted octanol–water partition coefficient (Wildman–Crippen LogP) is 3.97. The van der Waals surface area contributed by atoms with Crippen molar-refractivity contribution in [2.75, 3.05) is 50.0 Å². The summed E-state index contributed by atoms with van der Waals surface area (Å²) in [6, 6.07) is 8.70. The molecule has 0 aliphatic carbocycles. The zero-order chi connectivity index (χ0) is 29.0. The highest BCUT2D eigenvalue weighted by atomic mass is 19.4. The zero-order valence-electron chi connectivity index (χ0n) is 22.2. The molecule has 0 radical (unpaired) electrons. The third-order valence-electron chi connectivity index (χ3n) is 6.81. The largest absolute Gasteiger partial charge is 0.416 e. The van der Waals surface area contributed by atoms with Crippen LogP contribution < -0.4 is 16.8 Å². The molecular weight excluding hydrogens is 519 g/mol. The Labute approximate surface area is 230 Å². The second-order valence-electron chi connectivity index (χ2n) is 9.71. The molecule has 0 bridgehead atoms. The van der Waals surface area contributed by atoms with Gasteiger partial charge in [-0.3, -0.25) is 9.69 Å². The number of alkyl halides is 3. The quantitative estimate of drug-likeness (QED) is 0.282. The first-order valence-electron chi connectivity index (χ1n) is 12.6. The summed E-state index contributed by atoms with van der Waals surface area (Å²) in [4.78, 5) is 21.1. The molecule has 1 aliphatic rings. The summed E-state index contributed by atoms with van der Waals surface area (Å²) in [5, 5.41) is 10.2. The van der Waals surface area contributed by atoms with Crippen LogP contribution >= 0.6 is 0 Å². The lowest BCUT2D eigenvalue weighted by Crippen LogP contribution is -2.44. The summed E-state index contributed by atoms with van der Waals surface area (Å²) in [6.45, 7) is 4.96. The number of amides is 1. The lowest BCUT2D eigenvalue weighted by molar-refractivity contribution is -0.138. The van der Waals surface area contributed by atoms with Crippen molar-refractivity contribution in [3.63, 3.8) is 0 Å². The number of aryl methyl sites for hydroxylation is 1. The minimum absolute atomic E-state index is 0.0434. The van der Waals surface area contributed by atoms with Crippen LogP contribution in [0.5, 0.6) is 0 Å². The molecule has 0 unspecified atom stereocenters. The Morgan fingerprint density at radius 3 is 2.52 bits per heavy atom. The molecule has 1 aromatic heterocycles. The van der Waals surface area contributed by atoms with Gasteiger partial charge in [0, 0.05) is 61.3 Å². The van der Waals surface area contributed by atoms with E-state index in [2.05, 4.69) is 27.0 Å². The average molecular weight is 550 g/mol.